The summed E-state index contributed by atoms with van der Waals surface area (Å²) in [4.78, 5) is 33.8. The molecule has 2 rings (SSSR count). The highest BCUT2D eigenvalue weighted by Crippen LogP contribution is 2.34. The number of hydrogen-bond acceptors (Lipinski definition) is 4. The maximum atomic E-state index is 13.3. The summed E-state index contributed by atoms with van der Waals surface area (Å²) in [5.41, 5.74) is 5.92. The maximum absolute atomic E-state index is 13.3. The number of carboxylic acid groups (broad SMARTS) is 1. The van der Waals surface area contributed by atoms with Crippen molar-refractivity contribution in [1.82, 2.24) is 4.57 Å². The van der Waals surface area contributed by atoms with Gasteiger partial charge in [0.25, 0.3) is 11.7 Å². The standard InChI is InChI=1S/C14H13FN2O5/c1-6-9(11(18)13(16)19)10-7(17(6)2)4-3-5-8(10)22-12(15)14(20)21/h3-5,12H,1-2H3,(H2,16,19)(H,20,21). The van der Waals surface area contributed by atoms with Gasteiger partial charge in [0.1, 0.15) is 5.75 Å². The van der Waals surface area contributed by atoms with Gasteiger partial charge in [0.15, 0.2) is 0 Å². The van der Waals surface area contributed by atoms with Crippen LogP contribution in [0.15, 0.2) is 18.2 Å². The number of nitrogens with zero attached hydrogens (tertiary/aromatic N) is 1. The molecule has 0 aliphatic carbocycles. The number of carboxylic acids is 1. The summed E-state index contributed by atoms with van der Waals surface area (Å²) in [6, 6.07) is 4.46. The molecule has 0 radical (unpaired) electrons. The maximum Gasteiger partial charge on any atom is 0.378 e. The number of nitrogens with two attached hydrogens (primary N) is 1. The van der Waals surface area contributed by atoms with Gasteiger partial charge in [-0.25, -0.2) is 4.79 Å². The smallest absolute Gasteiger partial charge is 0.378 e. The van der Waals surface area contributed by atoms with E-state index in [-0.39, 0.29) is 16.7 Å². The second-order valence-corrected chi connectivity index (χ2v) is 4.64. The molecule has 0 saturated heterocycles. The van der Waals surface area contributed by atoms with Gasteiger partial charge in [-0.15, -0.1) is 0 Å². The van der Waals surface area contributed by atoms with E-state index in [2.05, 4.69) is 0 Å². The Morgan fingerprint density at radius 1 is 1.36 bits per heavy atom. The number of carbonyl (C=O) groups is 3. The first-order chi connectivity index (χ1) is 10.3. The molecule has 0 aliphatic heterocycles. The van der Waals surface area contributed by atoms with Crippen molar-refractivity contribution >= 4 is 28.6 Å². The van der Waals surface area contributed by atoms with Crippen LogP contribution in [0.25, 0.3) is 10.9 Å². The minimum Gasteiger partial charge on any atom is -0.476 e. The molecule has 2 aromatic rings. The quantitative estimate of drug-likeness (QED) is 0.630. The normalized spacial score (nSPS) is 12.1. The summed E-state index contributed by atoms with van der Waals surface area (Å²) >= 11 is 0. The third-order valence-corrected chi connectivity index (χ3v) is 3.36. The minimum atomic E-state index is -2.59. The van der Waals surface area contributed by atoms with Gasteiger partial charge >= 0.3 is 12.3 Å². The van der Waals surface area contributed by atoms with Crippen molar-refractivity contribution in [3.05, 3.63) is 29.5 Å². The molecule has 1 amide bonds. The average Bonchev–Trinajstić information content (AvgIpc) is 2.71. The van der Waals surface area contributed by atoms with E-state index in [0.29, 0.717) is 11.2 Å². The first kappa shape index (κ1) is 15.5. The zero-order valence-corrected chi connectivity index (χ0v) is 11.8. The van der Waals surface area contributed by atoms with Crippen LogP contribution in [0.3, 0.4) is 0 Å². The van der Waals surface area contributed by atoms with E-state index in [1.165, 1.54) is 12.1 Å². The number of aromatic nitrogens is 1. The van der Waals surface area contributed by atoms with Gasteiger partial charge in [0.05, 0.1) is 16.5 Å². The predicted octanol–water partition coefficient (Wildman–Crippen LogP) is 0.914. The fraction of sp³-hybridized carbons (Fsp3) is 0.214. The van der Waals surface area contributed by atoms with Crippen molar-refractivity contribution in [1.29, 1.82) is 0 Å². The van der Waals surface area contributed by atoms with Gasteiger partial charge in [0.2, 0.25) is 0 Å². The molecular formula is C14H13FN2O5. The van der Waals surface area contributed by atoms with Crippen LogP contribution in [0.2, 0.25) is 0 Å². The summed E-state index contributed by atoms with van der Waals surface area (Å²) in [7, 11) is 1.64. The van der Waals surface area contributed by atoms with Crippen LogP contribution in [0.1, 0.15) is 16.1 Å². The van der Waals surface area contributed by atoms with E-state index in [1.54, 1.807) is 24.6 Å². The highest BCUT2D eigenvalue weighted by atomic mass is 19.1. The first-order valence-corrected chi connectivity index (χ1v) is 6.21. The van der Waals surface area contributed by atoms with Crippen LogP contribution in [0.4, 0.5) is 4.39 Å². The molecule has 0 fully saturated rings. The number of hydrogen-bond donors (Lipinski definition) is 2. The molecule has 22 heavy (non-hydrogen) atoms. The molecule has 1 atom stereocenters. The highest BCUT2D eigenvalue weighted by Gasteiger charge is 2.27. The number of benzene rings is 1. The van der Waals surface area contributed by atoms with Crippen molar-refractivity contribution < 1.29 is 28.6 Å². The molecular weight excluding hydrogens is 295 g/mol. The molecule has 1 aromatic heterocycles. The second kappa shape index (κ2) is 5.47. The summed E-state index contributed by atoms with van der Waals surface area (Å²) in [5.74, 6) is -4.07. The summed E-state index contributed by atoms with van der Waals surface area (Å²) in [5, 5.41) is 8.74. The fourth-order valence-corrected chi connectivity index (χ4v) is 2.24. The lowest BCUT2D eigenvalue weighted by Crippen LogP contribution is -2.24. The Balaban J connectivity index is 2.74. The average molecular weight is 308 g/mol. The zero-order chi connectivity index (χ0) is 16.6. The molecule has 0 spiro atoms. The topological polar surface area (TPSA) is 112 Å². The minimum absolute atomic E-state index is 0.0295. The molecule has 8 heteroatoms. The lowest BCUT2D eigenvalue weighted by molar-refractivity contribution is -0.153. The summed E-state index contributed by atoms with van der Waals surface area (Å²) in [6.07, 6.45) is -2.59. The van der Waals surface area contributed by atoms with Crippen LogP contribution >= 0.6 is 0 Å². The van der Waals surface area contributed by atoms with Gasteiger partial charge in [-0.1, -0.05) is 6.07 Å². The highest BCUT2D eigenvalue weighted by molar-refractivity contribution is 6.45. The van der Waals surface area contributed by atoms with Crippen molar-refractivity contribution in [2.24, 2.45) is 12.8 Å². The fourth-order valence-electron chi connectivity index (χ4n) is 2.24. The Morgan fingerprint density at radius 2 is 2.00 bits per heavy atom. The number of aryl methyl sites for hydroxylation is 1. The second-order valence-electron chi connectivity index (χ2n) is 4.64. The molecule has 7 nitrogen and oxygen atoms in total. The van der Waals surface area contributed by atoms with Crippen molar-refractivity contribution in [3.63, 3.8) is 0 Å². The number of carbonyl (C=O) groups excluding carboxylic acids is 2. The van der Waals surface area contributed by atoms with E-state index in [0.717, 1.165) is 0 Å². The monoisotopic (exact) mass is 308 g/mol. The first-order valence-electron chi connectivity index (χ1n) is 6.21. The number of aliphatic carboxylic acids is 1. The van der Waals surface area contributed by atoms with Gasteiger partial charge in [-0.2, -0.15) is 4.39 Å². The van der Waals surface area contributed by atoms with E-state index in [4.69, 9.17) is 15.6 Å². The van der Waals surface area contributed by atoms with Crippen molar-refractivity contribution in [2.75, 3.05) is 0 Å². The number of amides is 1. The molecule has 0 aliphatic rings. The van der Waals surface area contributed by atoms with Gasteiger partial charge in [0, 0.05) is 12.7 Å². The Hall–Kier alpha value is -2.90. The van der Waals surface area contributed by atoms with Crippen molar-refractivity contribution in [2.45, 2.75) is 13.3 Å². The van der Waals surface area contributed by atoms with Crippen LogP contribution in [0, 0.1) is 6.92 Å². The van der Waals surface area contributed by atoms with E-state index in [9.17, 15) is 18.8 Å². The molecule has 0 bridgehead atoms. The predicted molar refractivity (Wildman–Crippen MR) is 74.3 cm³/mol. The Labute approximate surface area is 124 Å². The number of rotatable bonds is 5. The molecule has 1 unspecified atom stereocenters. The SMILES string of the molecule is Cc1c(C(=O)C(N)=O)c2c(OC(F)C(=O)O)cccc2n1C. The summed E-state index contributed by atoms with van der Waals surface area (Å²) in [6.45, 7) is 1.59. The number of halogens is 1. The Bertz CT molecular complexity index is 796. The number of fused-ring (bicyclic) bond motifs is 1. The van der Waals surface area contributed by atoms with Crippen molar-refractivity contribution in [3.8, 4) is 5.75 Å². The number of primary amides is 1. The number of ketones is 1. The third kappa shape index (κ3) is 2.39. The van der Waals surface area contributed by atoms with Crippen LogP contribution in [0.5, 0.6) is 5.75 Å². The van der Waals surface area contributed by atoms with Gasteiger partial charge in [-0.05, 0) is 19.1 Å². The van der Waals surface area contributed by atoms with E-state index < -0.39 is 24.0 Å². The summed E-state index contributed by atoms with van der Waals surface area (Å²) < 4.78 is 19.7. The largest absolute Gasteiger partial charge is 0.476 e. The number of alkyl halides is 1. The molecule has 1 aromatic carbocycles. The zero-order valence-electron chi connectivity index (χ0n) is 11.8. The van der Waals surface area contributed by atoms with E-state index in [1.807, 2.05) is 0 Å². The van der Waals surface area contributed by atoms with Crippen LogP contribution in [-0.2, 0) is 16.6 Å². The third-order valence-electron chi connectivity index (χ3n) is 3.36. The lowest BCUT2D eigenvalue weighted by atomic mass is 10.1. The van der Waals surface area contributed by atoms with Gasteiger partial charge in [-0.3, -0.25) is 9.59 Å². The Morgan fingerprint density at radius 3 is 2.55 bits per heavy atom. The van der Waals surface area contributed by atoms with Crippen LogP contribution < -0.4 is 10.5 Å². The molecule has 116 valence electrons. The van der Waals surface area contributed by atoms with Gasteiger partial charge < -0.3 is 20.1 Å². The molecule has 3 N–H and O–H groups in total. The Kier molecular flexibility index (Phi) is 3.85. The van der Waals surface area contributed by atoms with Crippen LogP contribution in [-0.4, -0.2) is 33.7 Å². The molecule has 1 heterocycles. The molecule has 0 saturated carbocycles. The van der Waals surface area contributed by atoms with E-state index >= 15 is 0 Å². The lowest BCUT2D eigenvalue weighted by Gasteiger charge is -2.09. The number of Topliss-reactive ketones (excluding diaryl/α,β-unsaturated/α-hetero) is 1. The number of ether oxygens (including phenoxy) is 1.